The summed E-state index contributed by atoms with van der Waals surface area (Å²) in [5, 5.41) is 6.74. The quantitative estimate of drug-likeness (QED) is 0.880. The molecule has 3 nitrogen and oxygen atoms in total. The second-order valence-corrected chi connectivity index (χ2v) is 5.86. The van der Waals surface area contributed by atoms with Crippen LogP contribution in [0.25, 0.3) is 0 Å². The van der Waals surface area contributed by atoms with Crippen molar-refractivity contribution >= 4 is 39.1 Å². The zero-order valence-corrected chi connectivity index (χ0v) is 11.9. The van der Waals surface area contributed by atoms with Crippen LogP contribution in [0.1, 0.15) is 13.3 Å². The fourth-order valence-electron chi connectivity index (χ4n) is 1.88. The van der Waals surface area contributed by atoms with Crippen LogP contribution < -0.4 is 10.6 Å². The molecule has 0 radical (unpaired) electrons. The maximum Gasteiger partial charge on any atom is 0.231 e. The molecule has 1 aromatic carbocycles. The molecule has 1 heterocycles. The average Bonchev–Trinajstić information content (AvgIpc) is 2.72. The highest BCUT2D eigenvalue weighted by Crippen LogP contribution is 2.30. The van der Waals surface area contributed by atoms with Gasteiger partial charge in [-0.15, -0.1) is 0 Å². The highest BCUT2D eigenvalue weighted by Gasteiger charge is 2.36. The van der Waals surface area contributed by atoms with Gasteiger partial charge in [-0.2, -0.15) is 0 Å². The Hall–Kier alpha value is -0.580. The molecule has 1 unspecified atom stereocenters. The van der Waals surface area contributed by atoms with Gasteiger partial charge in [0.2, 0.25) is 5.91 Å². The zero-order chi connectivity index (χ0) is 12.5. The van der Waals surface area contributed by atoms with Gasteiger partial charge in [0.15, 0.2) is 0 Å². The highest BCUT2D eigenvalue weighted by atomic mass is 79.9. The van der Waals surface area contributed by atoms with Gasteiger partial charge in [-0.1, -0.05) is 11.6 Å². The summed E-state index contributed by atoms with van der Waals surface area (Å²) in [6, 6.07) is 5.35. The molecule has 1 aliphatic rings. The number of halogens is 2. The Kier molecular flexibility index (Phi) is 3.76. The predicted molar refractivity (Wildman–Crippen MR) is 73.4 cm³/mol. The molecule has 0 aliphatic carbocycles. The van der Waals surface area contributed by atoms with Crippen LogP contribution in [0, 0.1) is 5.41 Å². The smallest absolute Gasteiger partial charge is 0.231 e. The fourth-order valence-corrected chi connectivity index (χ4v) is 2.40. The van der Waals surface area contributed by atoms with E-state index in [1.165, 1.54) is 0 Å². The lowest BCUT2D eigenvalue weighted by Gasteiger charge is -2.22. The molecular formula is C12H14BrClN2O. The van der Waals surface area contributed by atoms with Crippen molar-refractivity contribution in [2.24, 2.45) is 5.41 Å². The second kappa shape index (κ2) is 4.96. The van der Waals surface area contributed by atoms with Crippen molar-refractivity contribution in [2.45, 2.75) is 13.3 Å². The van der Waals surface area contributed by atoms with Gasteiger partial charge in [0.05, 0.1) is 11.1 Å². The number of rotatable bonds is 2. The fraction of sp³-hybridized carbons (Fsp3) is 0.417. The summed E-state index contributed by atoms with van der Waals surface area (Å²) in [7, 11) is 0. The topological polar surface area (TPSA) is 41.1 Å². The van der Waals surface area contributed by atoms with Gasteiger partial charge in [-0.05, 0) is 54.0 Å². The molecule has 0 aromatic heterocycles. The Morgan fingerprint density at radius 2 is 2.35 bits per heavy atom. The van der Waals surface area contributed by atoms with E-state index in [-0.39, 0.29) is 11.3 Å². The van der Waals surface area contributed by atoms with E-state index >= 15 is 0 Å². The average molecular weight is 318 g/mol. The third-order valence-electron chi connectivity index (χ3n) is 3.09. The Morgan fingerprint density at radius 3 is 3.00 bits per heavy atom. The number of hydrogen-bond acceptors (Lipinski definition) is 2. The van der Waals surface area contributed by atoms with Crippen LogP contribution in [0.3, 0.4) is 0 Å². The van der Waals surface area contributed by atoms with Crippen LogP contribution in [0.2, 0.25) is 5.02 Å². The molecule has 1 atom stereocenters. The molecule has 0 saturated carbocycles. The van der Waals surface area contributed by atoms with Crippen molar-refractivity contribution in [3.05, 3.63) is 27.7 Å². The van der Waals surface area contributed by atoms with Crippen molar-refractivity contribution in [2.75, 3.05) is 18.4 Å². The molecule has 1 amide bonds. The standard InChI is InChI=1S/C12H14BrClN2O/c1-12(4-5-15-7-12)11(17)16-10-6-8(14)2-3-9(10)13/h2-3,6,15H,4-5,7H2,1H3,(H,16,17). The van der Waals surface area contributed by atoms with E-state index in [2.05, 4.69) is 26.6 Å². The number of nitrogens with one attached hydrogen (secondary N) is 2. The molecule has 1 aliphatic heterocycles. The van der Waals surface area contributed by atoms with E-state index < -0.39 is 0 Å². The van der Waals surface area contributed by atoms with Crippen molar-refractivity contribution in [1.82, 2.24) is 5.32 Å². The Bertz CT molecular complexity index is 444. The molecule has 5 heteroatoms. The van der Waals surface area contributed by atoms with Gasteiger partial charge in [-0.25, -0.2) is 0 Å². The minimum Gasteiger partial charge on any atom is -0.325 e. The Balaban J connectivity index is 2.15. The number of hydrogen-bond donors (Lipinski definition) is 2. The highest BCUT2D eigenvalue weighted by molar-refractivity contribution is 9.10. The zero-order valence-electron chi connectivity index (χ0n) is 9.52. The van der Waals surface area contributed by atoms with Crippen LogP contribution in [-0.2, 0) is 4.79 Å². The van der Waals surface area contributed by atoms with E-state index in [1.807, 2.05) is 13.0 Å². The Morgan fingerprint density at radius 1 is 1.59 bits per heavy atom. The van der Waals surface area contributed by atoms with Crippen LogP contribution in [-0.4, -0.2) is 19.0 Å². The minimum absolute atomic E-state index is 0.0328. The van der Waals surface area contributed by atoms with Gasteiger partial charge in [0.1, 0.15) is 0 Å². The molecule has 0 bridgehead atoms. The van der Waals surface area contributed by atoms with Crippen LogP contribution in [0.5, 0.6) is 0 Å². The molecule has 1 fully saturated rings. The third kappa shape index (κ3) is 2.81. The number of carbonyl (C=O) groups excluding carboxylic acids is 1. The van der Waals surface area contributed by atoms with Crippen LogP contribution in [0.15, 0.2) is 22.7 Å². The minimum atomic E-state index is -0.332. The molecule has 2 N–H and O–H groups in total. The summed E-state index contributed by atoms with van der Waals surface area (Å²) in [5.41, 5.74) is 0.387. The van der Waals surface area contributed by atoms with Gasteiger partial charge in [0.25, 0.3) is 0 Å². The summed E-state index contributed by atoms with van der Waals surface area (Å²) in [6.07, 6.45) is 0.858. The normalized spacial score (nSPS) is 23.7. The van der Waals surface area contributed by atoms with E-state index in [1.54, 1.807) is 12.1 Å². The number of anilines is 1. The van der Waals surface area contributed by atoms with Crippen molar-refractivity contribution in [3.63, 3.8) is 0 Å². The largest absolute Gasteiger partial charge is 0.325 e. The molecule has 17 heavy (non-hydrogen) atoms. The molecule has 92 valence electrons. The first-order valence-corrected chi connectivity index (χ1v) is 6.66. The van der Waals surface area contributed by atoms with Gasteiger partial charge < -0.3 is 10.6 Å². The number of benzene rings is 1. The van der Waals surface area contributed by atoms with Crippen molar-refractivity contribution in [3.8, 4) is 0 Å². The summed E-state index contributed by atoms with van der Waals surface area (Å²) in [4.78, 5) is 12.2. The maximum absolute atomic E-state index is 12.2. The number of amides is 1. The lowest BCUT2D eigenvalue weighted by molar-refractivity contribution is -0.123. The first-order valence-electron chi connectivity index (χ1n) is 5.48. The van der Waals surface area contributed by atoms with Crippen molar-refractivity contribution in [1.29, 1.82) is 0 Å². The van der Waals surface area contributed by atoms with Crippen molar-refractivity contribution < 1.29 is 4.79 Å². The predicted octanol–water partition coefficient (Wildman–Crippen LogP) is 3.04. The summed E-state index contributed by atoms with van der Waals surface area (Å²) >= 11 is 9.31. The lowest BCUT2D eigenvalue weighted by Crippen LogP contribution is -2.35. The van der Waals surface area contributed by atoms with Crippen LogP contribution >= 0.6 is 27.5 Å². The van der Waals surface area contributed by atoms with E-state index in [9.17, 15) is 4.79 Å². The second-order valence-electron chi connectivity index (χ2n) is 4.57. The molecule has 2 rings (SSSR count). The first kappa shape index (κ1) is 12.9. The first-order chi connectivity index (χ1) is 8.01. The molecule has 1 saturated heterocycles. The summed E-state index contributed by atoms with van der Waals surface area (Å²) in [5.74, 6) is 0.0328. The monoisotopic (exact) mass is 316 g/mol. The maximum atomic E-state index is 12.2. The SMILES string of the molecule is CC1(C(=O)Nc2cc(Cl)ccc2Br)CCNC1. The molecule has 1 aromatic rings. The lowest BCUT2D eigenvalue weighted by atomic mass is 9.89. The molecular weight excluding hydrogens is 304 g/mol. The van der Waals surface area contributed by atoms with E-state index in [4.69, 9.17) is 11.6 Å². The van der Waals surface area contributed by atoms with Gasteiger partial charge in [0, 0.05) is 16.0 Å². The number of carbonyl (C=O) groups is 1. The van der Waals surface area contributed by atoms with E-state index in [0.717, 1.165) is 29.7 Å². The third-order valence-corrected chi connectivity index (χ3v) is 4.02. The van der Waals surface area contributed by atoms with E-state index in [0.29, 0.717) is 5.02 Å². The van der Waals surface area contributed by atoms with Gasteiger partial charge >= 0.3 is 0 Å². The molecule has 0 spiro atoms. The Labute approximate surface area is 114 Å². The summed E-state index contributed by atoms with van der Waals surface area (Å²) in [6.45, 7) is 3.58. The van der Waals surface area contributed by atoms with Gasteiger partial charge in [-0.3, -0.25) is 4.79 Å². The van der Waals surface area contributed by atoms with Crippen LogP contribution in [0.4, 0.5) is 5.69 Å². The summed E-state index contributed by atoms with van der Waals surface area (Å²) < 4.78 is 0.838.